The van der Waals surface area contributed by atoms with E-state index in [1.165, 1.54) is 4.90 Å². The van der Waals surface area contributed by atoms with Crippen LogP contribution in [0, 0.1) is 22.7 Å². The van der Waals surface area contributed by atoms with Gasteiger partial charge in [0.25, 0.3) is 0 Å². The van der Waals surface area contributed by atoms with Crippen molar-refractivity contribution in [2.75, 3.05) is 26.7 Å². The van der Waals surface area contributed by atoms with E-state index in [4.69, 9.17) is 19.2 Å². The molecule has 3 aromatic rings. The average Bonchev–Trinajstić information content (AvgIpc) is 4.18. The number of aromatic nitrogens is 1. The highest BCUT2D eigenvalue weighted by Gasteiger charge is 2.61. The van der Waals surface area contributed by atoms with E-state index in [0.29, 0.717) is 60.3 Å². The summed E-state index contributed by atoms with van der Waals surface area (Å²) in [6.45, 7) is 15.6. The molecule has 15 nitrogen and oxygen atoms in total. The Labute approximate surface area is 382 Å². The van der Waals surface area contributed by atoms with Gasteiger partial charge >= 0.3 is 6.09 Å². The predicted molar refractivity (Wildman–Crippen MR) is 245 cm³/mol. The van der Waals surface area contributed by atoms with E-state index < -0.39 is 79.4 Å². The Balaban J connectivity index is 1.18. The summed E-state index contributed by atoms with van der Waals surface area (Å²) >= 11 is 0. The van der Waals surface area contributed by atoms with Crippen LogP contribution in [0.2, 0.25) is 0 Å². The second-order valence-corrected chi connectivity index (χ2v) is 22.2. The first kappa shape index (κ1) is 47.5. The number of piperidine rings is 1. The quantitative estimate of drug-likeness (QED) is 0.157. The lowest BCUT2D eigenvalue weighted by Gasteiger charge is -2.38. The van der Waals surface area contributed by atoms with Gasteiger partial charge in [-0.25, -0.2) is 18.2 Å². The third-order valence-corrected chi connectivity index (χ3v) is 14.9. The lowest BCUT2D eigenvalue weighted by Crippen LogP contribution is -2.52. The highest BCUT2D eigenvalue weighted by atomic mass is 32.2. The summed E-state index contributed by atoms with van der Waals surface area (Å²) in [6.07, 6.45) is 2.41. The van der Waals surface area contributed by atoms with Crippen molar-refractivity contribution >= 4 is 50.5 Å². The van der Waals surface area contributed by atoms with Crippen LogP contribution in [0.15, 0.2) is 67.3 Å². The van der Waals surface area contributed by atoms with Crippen LogP contribution in [0.5, 0.6) is 11.5 Å². The summed E-state index contributed by atoms with van der Waals surface area (Å²) in [5.74, 6) is -2.03. The third kappa shape index (κ3) is 11.0. The number of ketones is 1. The molecule has 2 aromatic carbocycles. The number of benzene rings is 2. The largest absolute Gasteiger partial charge is 0.497 e. The van der Waals surface area contributed by atoms with Gasteiger partial charge in [0.05, 0.1) is 47.5 Å². The molecule has 0 spiro atoms. The van der Waals surface area contributed by atoms with E-state index >= 15 is 4.79 Å². The van der Waals surface area contributed by atoms with Crippen LogP contribution in [0.4, 0.5) is 4.79 Å². The van der Waals surface area contributed by atoms with Gasteiger partial charge in [0.1, 0.15) is 23.2 Å². The number of pyridine rings is 1. The number of sulfonamides is 1. The first-order valence-electron chi connectivity index (χ1n) is 22.6. The molecule has 2 aliphatic carbocycles. The van der Waals surface area contributed by atoms with Gasteiger partial charge in [0, 0.05) is 61.5 Å². The van der Waals surface area contributed by atoms with Crippen LogP contribution < -0.4 is 19.5 Å². The molecule has 16 heteroatoms. The molecule has 4 amide bonds. The SMILES string of the molecule is C=C[C@@H]1C[C@]1(CC(=O)[C@@H]1C[C@@H](Oc2cc(-c3ccccc3)nc3cc(OC)ccc23)CN1C(=O)[C@@H](CC(=O)N1CCC[C@H](NC(=O)OC(C)(C)C)C1)C(C)(C)C)C(=O)NS(=O)(=O)C1CC1. The van der Waals surface area contributed by atoms with Crippen LogP contribution in [0.1, 0.15) is 92.9 Å². The number of Topliss-reactive ketones (excluding diaryl/α,β-unsaturated/α-hetero) is 1. The second kappa shape index (κ2) is 18.4. The number of nitrogens with one attached hydrogen (secondary N) is 2. The molecule has 0 unspecified atom stereocenters. The monoisotopic (exact) mass is 913 g/mol. The maximum Gasteiger partial charge on any atom is 0.407 e. The standard InChI is InChI=1S/C49H63N5O10S/c1-9-31-26-49(31,45(58)52-65(60,61)35-18-19-35)27-41(55)40-23-34(63-42-25-38(30-14-11-10-12-15-30)51-39-22-33(62-8)17-20-36(39)42)29-54(40)44(57)37(47(2,3)4)24-43(56)53-21-13-16-32(28-53)50-46(59)64-48(5,6)7/h9-12,14-15,17,20,22,25,31-32,34-35,37,40H,1,13,16,18-19,21,23-24,26-29H2,2-8H3,(H,50,59)(H,52,58)/t31-,32+,34-,37-,40+,49-/m1/s1. The molecule has 3 heterocycles. The predicted octanol–water partition coefficient (Wildman–Crippen LogP) is 6.59. The van der Waals surface area contributed by atoms with Gasteiger partial charge in [0.2, 0.25) is 27.7 Å². The zero-order chi connectivity index (χ0) is 47.1. The molecule has 2 saturated carbocycles. The molecule has 2 aliphatic heterocycles. The Morgan fingerprint density at radius 3 is 2.34 bits per heavy atom. The van der Waals surface area contributed by atoms with Gasteiger partial charge in [-0.1, -0.05) is 57.2 Å². The number of likely N-dealkylation sites (tertiary alicyclic amines) is 2. The average molecular weight is 914 g/mol. The molecule has 350 valence electrons. The van der Waals surface area contributed by atoms with E-state index in [-0.39, 0.29) is 50.7 Å². The van der Waals surface area contributed by atoms with Gasteiger partial charge in [-0.15, -0.1) is 6.58 Å². The number of hydrogen-bond donors (Lipinski definition) is 2. The fourth-order valence-corrected chi connectivity index (χ4v) is 10.5. The fourth-order valence-electron chi connectivity index (χ4n) is 9.14. The van der Waals surface area contributed by atoms with Crippen molar-refractivity contribution in [3.8, 4) is 22.8 Å². The maximum atomic E-state index is 15.2. The minimum Gasteiger partial charge on any atom is -0.497 e. The summed E-state index contributed by atoms with van der Waals surface area (Å²) in [7, 11) is -2.33. The van der Waals surface area contributed by atoms with E-state index in [1.54, 1.807) is 44.9 Å². The van der Waals surface area contributed by atoms with E-state index in [0.717, 1.165) is 5.56 Å². The molecule has 4 aliphatic rings. The Morgan fingerprint density at radius 1 is 0.985 bits per heavy atom. The Morgan fingerprint density at radius 2 is 1.71 bits per heavy atom. The second-order valence-electron chi connectivity index (χ2n) is 20.2. The Kier molecular flexibility index (Phi) is 13.4. The van der Waals surface area contributed by atoms with Crippen molar-refractivity contribution in [3.05, 3.63) is 67.3 Å². The molecular formula is C49H63N5O10S. The summed E-state index contributed by atoms with van der Waals surface area (Å²) in [5, 5.41) is 2.94. The van der Waals surface area contributed by atoms with Crippen LogP contribution in [-0.4, -0.2) is 109 Å². The highest BCUT2D eigenvalue weighted by molar-refractivity contribution is 7.90. The first-order chi connectivity index (χ1) is 30.6. The number of fused-ring (bicyclic) bond motifs is 1. The lowest BCUT2D eigenvalue weighted by molar-refractivity contribution is -0.148. The number of carbonyl (C=O) groups is 5. The number of allylic oxidation sites excluding steroid dienone is 1. The Hall–Kier alpha value is -5.51. The molecule has 6 atom stereocenters. The van der Waals surface area contributed by atoms with Crippen LogP contribution in [0.3, 0.4) is 0 Å². The lowest BCUT2D eigenvalue weighted by atomic mass is 9.77. The molecule has 65 heavy (non-hydrogen) atoms. The molecular weight excluding hydrogens is 851 g/mol. The van der Waals surface area contributed by atoms with Crippen LogP contribution >= 0.6 is 0 Å². The van der Waals surface area contributed by atoms with Crippen LogP contribution in [0.25, 0.3) is 22.2 Å². The smallest absolute Gasteiger partial charge is 0.407 e. The summed E-state index contributed by atoms with van der Waals surface area (Å²) in [6, 6.07) is 15.5. The van der Waals surface area contributed by atoms with Crippen molar-refractivity contribution in [3.63, 3.8) is 0 Å². The number of ether oxygens (including phenoxy) is 3. The van der Waals surface area contributed by atoms with E-state index in [2.05, 4.69) is 16.6 Å². The van der Waals surface area contributed by atoms with Crippen LogP contribution in [-0.2, 0) is 33.9 Å². The summed E-state index contributed by atoms with van der Waals surface area (Å²) in [5.41, 5.74) is -0.650. The molecule has 0 bridgehead atoms. The van der Waals surface area contributed by atoms with Gasteiger partial charge in [-0.3, -0.25) is 23.9 Å². The molecule has 2 saturated heterocycles. The summed E-state index contributed by atoms with van der Waals surface area (Å²) in [4.78, 5) is 78.7. The molecule has 1 aromatic heterocycles. The topological polar surface area (TPSA) is 191 Å². The number of hydrogen-bond acceptors (Lipinski definition) is 11. The van der Waals surface area contributed by atoms with E-state index in [1.807, 2.05) is 69.3 Å². The van der Waals surface area contributed by atoms with Crippen molar-refractivity contribution in [2.24, 2.45) is 22.7 Å². The van der Waals surface area contributed by atoms with Crippen molar-refractivity contribution < 1.29 is 46.6 Å². The molecule has 7 rings (SSSR count). The van der Waals surface area contributed by atoms with Gasteiger partial charge < -0.3 is 29.3 Å². The Bertz CT molecular complexity index is 2440. The first-order valence-corrected chi connectivity index (χ1v) is 24.2. The minimum atomic E-state index is -3.90. The number of alkyl carbamates (subject to hydrolysis) is 1. The number of methoxy groups -OCH3 is 1. The molecule has 2 N–H and O–H groups in total. The van der Waals surface area contributed by atoms with Gasteiger partial charge in [-0.2, -0.15) is 0 Å². The highest BCUT2D eigenvalue weighted by Crippen LogP contribution is 2.57. The number of rotatable bonds is 15. The maximum absolute atomic E-state index is 15.2. The number of amides is 4. The van der Waals surface area contributed by atoms with Gasteiger partial charge in [-0.05, 0) is 76.3 Å². The number of carbonyl (C=O) groups excluding carboxylic acids is 5. The van der Waals surface area contributed by atoms with Gasteiger partial charge in [0.15, 0.2) is 5.78 Å². The van der Waals surface area contributed by atoms with Crippen molar-refractivity contribution in [1.29, 1.82) is 0 Å². The molecule has 0 radical (unpaired) electrons. The van der Waals surface area contributed by atoms with Crippen molar-refractivity contribution in [2.45, 2.75) is 122 Å². The fraction of sp³-hybridized carbons (Fsp3) is 0.551. The molecule has 4 fully saturated rings. The normalized spacial score (nSPS) is 23.9. The zero-order valence-electron chi connectivity index (χ0n) is 38.6. The number of nitrogens with zero attached hydrogens (tertiary/aromatic N) is 3. The van der Waals surface area contributed by atoms with E-state index in [9.17, 15) is 27.6 Å². The summed E-state index contributed by atoms with van der Waals surface area (Å²) < 4.78 is 45.9. The zero-order valence-corrected chi connectivity index (χ0v) is 39.4. The third-order valence-electron chi connectivity index (χ3n) is 13.0. The minimum absolute atomic E-state index is 0.00237. The van der Waals surface area contributed by atoms with Crippen molar-refractivity contribution in [1.82, 2.24) is 24.8 Å².